The molecule has 0 aromatic rings. The van der Waals surface area contributed by atoms with E-state index in [0.29, 0.717) is 24.2 Å². The van der Waals surface area contributed by atoms with Crippen LogP contribution in [-0.2, 0) is 19.1 Å². The van der Waals surface area contributed by atoms with Gasteiger partial charge in [-0.1, -0.05) is 25.5 Å². The Bertz CT molecular complexity index is 644. The minimum atomic E-state index is -0.913. The first kappa shape index (κ1) is 17.4. The molecule has 3 heterocycles. The van der Waals surface area contributed by atoms with Crippen molar-refractivity contribution in [3.8, 4) is 0 Å². The highest BCUT2D eigenvalue weighted by Crippen LogP contribution is 2.49. The summed E-state index contributed by atoms with van der Waals surface area (Å²) in [4.78, 5) is 26.4. The molecule has 4 bridgehead atoms. The van der Waals surface area contributed by atoms with Crippen LogP contribution in [0.1, 0.15) is 59.8 Å². The van der Waals surface area contributed by atoms with Crippen LogP contribution in [0.5, 0.6) is 0 Å². The van der Waals surface area contributed by atoms with Gasteiger partial charge in [-0.3, -0.25) is 9.59 Å². The molecule has 24 heavy (non-hydrogen) atoms. The lowest BCUT2D eigenvalue weighted by atomic mass is 9.62. The monoisotopic (exact) mass is 332 g/mol. The van der Waals surface area contributed by atoms with Crippen LogP contribution < -0.4 is 0 Å². The second kappa shape index (κ2) is 5.83. The van der Waals surface area contributed by atoms with Crippen molar-refractivity contribution in [2.75, 3.05) is 7.11 Å². The maximum Gasteiger partial charge on any atom is 0.209 e. The molecule has 0 aromatic heterocycles. The van der Waals surface area contributed by atoms with Crippen molar-refractivity contribution in [3.05, 3.63) is 23.0 Å². The van der Waals surface area contributed by atoms with Gasteiger partial charge in [0.25, 0.3) is 0 Å². The summed E-state index contributed by atoms with van der Waals surface area (Å²) < 4.78 is 11.7. The van der Waals surface area contributed by atoms with Gasteiger partial charge in [0.1, 0.15) is 5.76 Å². The van der Waals surface area contributed by atoms with E-state index >= 15 is 0 Å². The van der Waals surface area contributed by atoms with Crippen LogP contribution in [0.3, 0.4) is 0 Å². The third-order valence-electron chi connectivity index (χ3n) is 6.40. The SMILES string of the molecule is CO[C@H]1C(=O)[C@]2(C)CC/C=C(\C)CC[C@]3(C)C(=O)C1=C(C[C@H]3C)O2. The van der Waals surface area contributed by atoms with E-state index in [1.807, 2.05) is 13.8 Å². The Hall–Kier alpha value is -1.42. The van der Waals surface area contributed by atoms with Gasteiger partial charge < -0.3 is 9.47 Å². The van der Waals surface area contributed by atoms with Crippen molar-refractivity contribution < 1.29 is 19.1 Å². The summed E-state index contributed by atoms with van der Waals surface area (Å²) in [6, 6.07) is 0. The van der Waals surface area contributed by atoms with Gasteiger partial charge in [-0.25, -0.2) is 0 Å². The third kappa shape index (κ3) is 2.46. The van der Waals surface area contributed by atoms with E-state index in [1.54, 1.807) is 0 Å². The average molecular weight is 332 g/mol. The first-order valence-electron chi connectivity index (χ1n) is 8.92. The number of hydrogen-bond acceptors (Lipinski definition) is 4. The molecule has 0 fully saturated rings. The molecule has 0 saturated heterocycles. The molecule has 0 radical (unpaired) electrons. The number of Topliss-reactive ketones (excluding diaryl/α,β-unsaturated/α-hetero) is 2. The molecule has 4 atom stereocenters. The Kier molecular flexibility index (Phi) is 4.23. The molecule has 5 rings (SSSR count). The molecule has 132 valence electrons. The number of methoxy groups -OCH3 is 1. The summed E-state index contributed by atoms with van der Waals surface area (Å²) in [5.74, 6) is 0.777. The smallest absolute Gasteiger partial charge is 0.209 e. The van der Waals surface area contributed by atoms with Crippen molar-refractivity contribution in [2.45, 2.75) is 71.5 Å². The van der Waals surface area contributed by atoms with Crippen molar-refractivity contribution >= 4 is 11.6 Å². The summed E-state index contributed by atoms with van der Waals surface area (Å²) >= 11 is 0. The Morgan fingerprint density at radius 2 is 1.96 bits per heavy atom. The average Bonchev–Trinajstić information content (AvgIpc) is 2.52. The van der Waals surface area contributed by atoms with Gasteiger partial charge in [0.05, 0.1) is 5.57 Å². The van der Waals surface area contributed by atoms with Crippen molar-refractivity contribution in [3.63, 3.8) is 0 Å². The highest BCUT2D eigenvalue weighted by molar-refractivity contribution is 6.10. The van der Waals surface area contributed by atoms with E-state index in [-0.39, 0.29) is 17.5 Å². The topological polar surface area (TPSA) is 52.6 Å². The molecule has 3 aliphatic heterocycles. The number of ether oxygens (including phenoxy) is 2. The molecular weight excluding hydrogens is 304 g/mol. The molecule has 5 aliphatic rings. The predicted octanol–water partition coefficient (Wildman–Crippen LogP) is 3.75. The fourth-order valence-electron chi connectivity index (χ4n) is 4.28. The van der Waals surface area contributed by atoms with Gasteiger partial charge in [-0.2, -0.15) is 0 Å². The van der Waals surface area contributed by atoms with Crippen molar-refractivity contribution in [1.82, 2.24) is 0 Å². The minimum Gasteiger partial charge on any atom is -0.483 e. The summed E-state index contributed by atoms with van der Waals surface area (Å²) in [6.07, 6.45) is 5.21. The molecule has 0 aromatic carbocycles. The molecule has 0 saturated carbocycles. The van der Waals surface area contributed by atoms with Crippen LogP contribution >= 0.6 is 0 Å². The summed E-state index contributed by atoms with van der Waals surface area (Å²) in [6.45, 7) is 8.10. The molecule has 4 heteroatoms. The molecule has 4 nitrogen and oxygen atoms in total. The largest absolute Gasteiger partial charge is 0.483 e. The van der Waals surface area contributed by atoms with Crippen molar-refractivity contribution in [2.24, 2.45) is 11.3 Å². The fourth-order valence-corrected chi connectivity index (χ4v) is 4.28. The molecule has 0 N–H and O–H groups in total. The number of ketones is 2. The van der Waals surface area contributed by atoms with Crippen LogP contribution in [0.2, 0.25) is 0 Å². The van der Waals surface area contributed by atoms with E-state index in [2.05, 4.69) is 19.9 Å². The Labute approximate surface area is 144 Å². The second-order valence-corrected chi connectivity index (χ2v) is 8.09. The van der Waals surface area contributed by atoms with Gasteiger partial charge in [0.15, 0.2) is 17.5 Å². The lowest BCUT2D eigenvalue weighted by Crippen LogP contribution is -2.55. The number of carbonyl (C=O) groups is 2. The van der Waals surface area contributed by atoms with Gasteiger partial charge >= 0.3 is 0 Å². The molecular formula is C20H28O4. The predicted molar refractivity (Wildman–Crippen MR) is 91.4 cm³/mol. The fraction of sp³-hybridized carbons (Fsp3) is 0.700. The summed E-state index contributed by atoms with van der Waals surface area (Å²) in [7, 11) is 1.51. The number of rotatable bonds is 1. The van der Waals surface area contributed by atoms with Crippen LogP contribution in [-0.4, -0.2) is 30.4 Å². The van der Waals surface area contributed by atoms with Crippen LogP contribution in [0.25, 0.3) is 0 Å². The third-order valence-corrected chi connectivity index (χ3v) is 6.40. The normalized spacial score (nSPS) is 42.3. The number of fused-ring (bicyclic) bond motifs is 2. The highest BCUT2D eigenvalue weighted by atomic mass is 16.5. The Balaban J connectivity index is 2.17. The van der Waals surface area contributed by atoms with E-state index in [4.69, 9.17) is 9.47 Å². The molecule has 2 aliphatic carbocycles. The Morgan fingerprint density at radius 3 is 2.62 bits per heavy atom. The molecule has 0 spiro atoms. The maximum absolute atomic E-state index is 13.3. The van der Waals surface area contributed by atoms with Gasteiger partial charge in [0.2, 0.25) is 5.78 Å². The molecule has 0 amide bonds. The summed E-state index contributed by atoms with van der Waals surface area (Å²) in [5, 5.41) is 0. The second-order valence-electron chi connectivity index (χ2n) is 8.09. The highest BCUT2D eigenvalue weighted by Gasteiger charge is 2.55. The first-order valence-corrected chi connectivity index (χ1v) is 8.92. The maximum atomic E-state index is 13.3. The van der Waals surface area contributed by atoms with E-state index < -0.39 is 17.1 Å². The molecule has 0 unspecified atom stereocenters. The minimum absolute atomic E-state index is 0.0341. The van der Waals surface area contributed by atoms with Crippen LogP contribution in [0.4, 0.5) is 0 Å². The van der Waals surface area contributed by atoms with E-state index in [1.165, 1.54) is 12.7 Å². The zero-order valence-electron chi connectivity index (χ0n) is 15.4. The van der Waals surface area contributed by atoms with E-state index in [9.17, 15) is 9.59 Å². The standard InChI is InChI=1S/C20H28O4/c1-12-7-6-9-20(4)18(22)16(23-5)15-14(24-20)11-13(2)19(3,10-8-12)17(15)21/h7,13,16H,6,8-11H2,1-5H3/b12-7+/t13-,16-,19+,20+/m1/s1. The van der Waals surface area contributed by atoms with E-state index in [0.717, 1.165) is 19.3 Å². The number of allylic oxidation sites excluding steroid dienone is 3. The Morgan fingerprint density at radius 1 is 1.25 bits per heavy atom. The number of hydrogen-bond donors (Lipinski definition) is 0. The zero-order chi connectivity index (χ0) is 17.7. The van der Waals surface area contributed by atoms with Gasteiger partial charge in [-0.05, 0) is 45.4 Å². The van der Waals surface area contributed by atoms with Gasteiger partial charge in [-0.15, -0.1) is 0 Å². The van der Waals surface area contributed by atoms with Crippen LogP contribution in [0.15, 0.2) is 23.0 Å². The van der Waals surface area contributed by atoms with Gasteiger partial charge in [0, 0.05) is 18.9 Å². The first-order chi connectivity index (χ1) is 11.2. The summed E-state index contributed by atoms with van der Waals surface area (Å²) in [5.41, 5.74) is 0.374. The zero-order valence-corrected chi connectivity index (χ0v) is 15.4. The van der Waals surface area contributed by atoms with Crippen molar-refractivity contribution in [1.29, 1.82) is 0 Å². The van der Waals surface area contributed by atoms with Crippen LogP contribution in [0, 0.1) is 11.3 Å². The lowest BCUT2D eigenvalue weighted by Gasteiger charge is -2.47. The number of carbonyl (C=O) groups excluding carboxylic acids is 2. The lowest BCUT2D eigenvalue weighted by molar-refractivity contribution is -0.157. The quantitative estimate of drug-likeness (QED) is 0.686.